The number of aromatic nitrogens is 1. The van der Waals surface area contributed by atoms with E-state index in [1.165, 1.54) is 6.07 Å². The number of anilines is 2. The van der Waals surface area contributed by atoms with E-state index >= 15 is 0 Å². The number of pyridine rings is 1. The van der Waals surface area contributed by atoms with Gasteiger partial charge in [-0.25, -0.2) is 9.37 Å². The highest BCUT2D eigenvalue weighted by Crippen LogP contribution is 2.29. The minimum atomic E-state index is -0.739. The van der Waals surface area contributed by atoms with Gasteiger partial charge in [-0.2, -0.15) is 0 Å². The van der Waals surface area contributed by atoms with Crippen molar-refractivity contribution >= 4 is 34.7 Å². The Hall–Kier alpha value is -2.74. The summed E-state index contributed by atoms with van der Waals surface area (Å²) in [4.78, 5) is 25.7. The molecule has 2 aromatic rings. The maximum absolute atomic E-state index is 12.7. The summed E-state index contributed by atoms with van der Waals surface area (Å²) in [5.74, 6) is -1.23. The van der Waals surface area contributed by atoms with Crippen LogP contribution in [0.2, 0.25) is 5.02 Å². The summed E-state index contributed by atoms with van der Waals surface area (Å²) < 4.78 is 12.7. The molecule has 0 aliphatic heterocycles. The van der Waals surface area contributed by atoms with Crippen molar-refractivity contribution in [1.29, 1.82) is 0 Å². The number of halogens is 2. The molecule has 0 bridgehead atoms. The van der Waals surface area contributed by atoms with Crippen LogP contribution in [0.5, 0.6) is 0 Å². The van der Waals surface area contributed by atoms with Crippen molar-refractivity contribution in [3.05, 3.63) is 57.0 Å². The zero-order valence-electron chi connectivity index (χ0n) is 10.3. The molecular formula is C12H8ClFN4O3. The minimum Gasteiger partial charge on any atom is -0.397 e. The molecule has 0 saturated heterocycles. The predicted molar refractivity (Wildman–Crippen MR) is 74.7 cm³/mol. The number of nitro benzene ring substituents is 1. The highest BCUT2D eigenvalue weighted by atomic mass is 35.5. The molecular weight excluding hydrogens is 303 g/mol. The van der Waals surface area contributed by atoms with Crippen molar-refractivity contribution in [3.8, 4) is 0 Å². The molecule has 0 spiro atoms. The van der Waals surface area contributed by atoms with Gasteiger partial charge < -0.3 is 11.1 Å². The SMILES string of the molecule is Nc1c(Cl)cc([N+](=O)[O-])cc1C(=O)Nc1ccc(F)cn1. The number of amides is 1. The van der Waals surface area contributed by atoms with Gasteiger partial charge in [0, 0.05) is 12.1 Å². The number of carbonyl (C=O) groups excluding carboxylic acids is 1. The molecule has 0 fully saturated rings. The van der Waals surface area contributed by atoms with Crippen LogP contribution in [-0.4, -0.2) is 15.8 Å². The van der Waals surface area contributed by atoms with Crippen LogP contribution < -0.4 is 11.1 Å². The average molecular weight is 311 g/mol. The van der Waals surface area contributed by atoms with Gasteiger partial charge in [0.15, 0.2) is 0 Å². The molecule has 0 saturated carbocycles. The first-order chi connectivity index (χ1) is 9.88. The van der Waals surface area contributed by atoms with Crippen LogP contribution >= 0.6 is 11.6 Å². The van der Waals surface area contributed by atoms with Crippen LogP contribution in [0.4, 0.5) is 21.6 Å². The third kappa shape index (κ3) is 3.23. The summed E-state index contributed by atoms with van der Waals surface area (Å²) >= 11 is 5.76. The first-order valence-corrected chi connectivity index (χ1v) is 5.92. The second kappa shape index (κ2) is 5.71. The first-order valence-electron chi connectivity index (χ1n) is 5.55. The van der Waals surface area contributed by atoms with Crippen LogP contribution in [0.3, 0.4) is 0 Å². The molecule has 2 rings (SSSR count). The van der Waals surface area contributed by atoms with Gasteiger partial charge in [-0.3, -0.25) is 14.9 Å². The van der Waals surface area contributed by atoms with E-state index in [1.54, 1.807) is 0 Å². The molecule has 21 heavy (non-hydrogen) atoms. The first kappa shape index (κ1) is 14.7. The fourth-order valence-electron chi connectivity index (χ4n) is 1.53. The van der Waals surface area contributed by atoms with Crippen LogP contribution in [0.25, 0.3) is 0 Å². The molecule has 0 atom stereocenters. The van der Waals surface area contributed by atoms with Crippen molar-refractivity contribution in [2.24, 2.45) is 0 Å². The number of carbonyl (C=O) groups is 1. The average Bonchev–Trinajstić information content (AvgIpc) is 2.43. The molecule has 1 amide bonds. The van der Waals surface area contributed by atoms with E-state index in [0.29, 0.717) is 0 Å². The molecule has 0 unspecified atom stereocenters. The number of nitrogens with one attached hydrogen (secondary N) is 1. The zero-order chi connectivity index (χ0) is 15.6. The summed E-state index contributed by atoms with van der Waals surface area (Å²) in [6, 6.07) is 4.39. The van der Waals surface area contributed by atoms with Crippen LogP contribution in [0.1, 0.15) is 10.4 Å². The van der Waals surface area contributed by atoms with Gasteiger partial charge in [0.2, 0.25) is 0 Å². The fourth-order valence-corrected chi connectivity index (χ4v) is 1.74. The molecule has 1 aromatic carbocycles. The molecule has 1 aromatic heterocycles. The van der Waals surface area contributed by atoms with Gasteiger partial charge in [-0.05, 0) is 12.1 Å². The van der Waals surface area contributed by atoms with E-state index in [4.69, 9.17) is 17.3 Å². The van der Waals surface area contributed by atoms with E-state index < -0.39 is 16.6 Å². The lowest BCUT2D eigenvalue weighted by molar-refractivity contribution is -0.384. The van der Waals surface area contributed by atoms with E-state index in [0.717, 1.165) is 24.4 Å². The van der Waals surface area contributed by atoms with Gasteiger partial charge in [-0.15, -0.1) is 0 Å². The minimum absolute atomic E-state index is 0.0726. The normalized spacial score (nSPS) is 10.2. The third-order valence-corrected chi connectivity index (χ3v) is 2.85. The molecule has 0 aliphatic rings. The number of rotatable bonds is 3. The Morgan fingerprint density at radius 3 is 2.71 bits per heavy atom. The maximum Gasteiger partial charge on any atom is 0.271 e. The summed E-state index contributed by atoms with van der Waals surface area (Å²) in [5, 5.41) is 13.0. The largest absolute Gasteiger partial charge is 0.397 e. The lowest BCUT2D eigenvalue weighted by Crippen LogP contribution is -2.15. The summed E-state index contributed by atoms with van der Waals surface area (Å²) in [7, 11) is 0. The molecule has 108 valence electrons. The fraction of sp³-hybridized carbons (Fsp3) is 0. The predicted octanol–water partition coefficient (Wildman–Crippen LogP) is 2.62. The van der Waals surface area contributed by atoms with Gasteiger partial charge in [0.25, 0.3) is 11.6 Å². The van der Waals surface area contributed by atoms with Gasteiger partial charge >= 0.3 is 0 Å². The van der Waals surface area contributed by atoms with E-state index in [-0.39, 0.29) is 27.8 Å². The summed E-state index contributed by atoms with van der Waals surface area (Å²) in [5.41, 5.74) is 5.00. The standard InChI is InChI=1S/C12H8ClFN4O3/c13-9-4-7(18(20)21)3-8(11(9)15)12(19)17-10-2-1-6(14)5-16-10/h1-5H,15H2,(H,16,17,19). The Bertz CT molecular complexity index is 721. The van der Waals surface area contributed by atoms with Crippen LogP contribution in [0, 0.1) is 15.9 Å². The van der Waals surface area contributed by atoms with Crippen molar-refractivity contribution in [1.82, 2.24) is 4.98 Å². The Morgan fingerprint density at radius 1 is 1.43 bits per heavy atom. The number of hydrogen-bond acceptors (Lipinski definition) is 5. The van der Waals surface area contributed by atoms with Gasteiger partial charge in [-0.1, -0.05) is 11.6 Å². The second-order valence-corrected chi connectivity index (χ2v) is 4.37. The molecule has 1 heterocycles. The Morgan fingerprint density at radius 2 is 2.14 bits per heavy atom. The van der Waals surface area contributed by atoms with Crippen LogP contribution in [-0.2, 0) is 0 Å². The second-order valence-electron chi connectivity index (χ2n) is 3.96. The van der Waals surface area contributed by atoms with E-state index in [1.807, 2.05) is 0 Å². The smallest absolute Gasteiger partial charge is 0.271 e. The molecule has 0 aliphatic carbocycles. The number of nitrogen functional groups attached to an aromatic ring is 1. The maximum atomic E-state index is 12.7. The van der Waals surface area contributed by atoms with Gasteiger partial charge in [0.05, 0.1) is 27.4 Å². The highest BCUT2D eigenvalue weighted by Gasteiger charge is 2.19. The van der Waals surface area contributed by atoms with Gasteiger partial charge in [0.1, 0.15) is 11.6 Å². The number of non-ortho nitro benzene ring substituents is 1. The number of nitrogens with two attached hydrogens (primary N) is 1. The van der Waals surface area contributed by atoms with Crippen molar-refractivity contribution in [2.75, 3.05) is 11.1 Å². The number of hydrogen-bond donors (Lipinski definition) is 2. The third-order valence-electron chi connectivity index (χ3n) is 2.54. The van der Waals surface area contributed by atoms with Crippen LogP contribution in [0.15, 0.2) is 30.5 Å². The lowest BCUT2D eigenvalue weighted by atomic mass is 10.1. The molecule has 0 radical (unpaired) electrons. The lowest BCUT2D eigenvalue weighted by Gasteiger charge is -2.08. The molecule has 3 N–H and O–H groups in total. The summed E-state index contributed by atoms with van der Waals surface area (Å²) in [6.45, 7) is 0. The number of benzene rings is 1. The topological polar surface area (TPSA) is 111 Å². The summed E-state index contributed by atoms with van der Waals surface area (Å²) in [6.07, 6.45) is 0.916. The monoisotopic (exact) mass is 310 g/mol. The van der Waals surface area contributed by atoms with Crippen molar-refractivity contribution < 1.29 is 14.1 Å². The van der Waals surface area contributed by atoms with Crippen molar-refractivity contribution in [2.45, 2.75) is 0 Å². The molecule has 9 heteroatoms. The quantitative estimate of drug-likeness (QED) is 0.514. The zero-order valence-corrected chi connectivity index (χ0v) is 11.1. The van der Waals surface area contributed by atoms with E-state index in [9.17, 15) is 19.3 Å². The number of nitro groups is 1. The highest BCUT2D eigenvalue weighted by molar-refractivity contribution is 6.34. The molecule has 7 nitrogen and oxygen atoms in total. The number of nitrogens with zero attached hydrogens (tertiary/aromatic N) is 2. The Balaban J connectivity index is 2.34. The van der Waals surface area contributed by atoms with E-state index in [2.05, 4.69) is 10.3 Å². The Labute approximate surface area is 122 Å². The Kier molecular flexibility index (Phi) is 3.99. The van der Waals surface area contributed by atoms with Crippen molar-refractivity contribution in [3.63, 3.8) is 0 Å².